The van der Waals surface area contributed by atoms with Gasteiger partial charge in [-0.05, 0) is 50.2 Å². The second-order valence-electron chi connectivity index (χ2n) is 6.52. The van der Waals surface area contributed by atoms with E-state index in [0.29, 0.717) is 5.69 Å². The number of halogens is 1. The van der Waals surface area contributed by atoms with E-state index >= 15 is 0 Å². The molecule has 0 spiro atoms. The number of furan rings is 1. The highest BCUT2D eigenvalue weighted by atomic mass is 32.2. The Morgan fingerprint density at radius 2 is 1.65 bits per heavy atom. The van der Waals surface area contributed by atoms with E-state index in [4.69, 9.17) is 4.42 Å². The highest BCUT2D eigenvalue weighted by Crippen LogP contribution is 2.30. The SMILES string of the molecule is COC(=O)c1c(C)oc(C)c1S(=O)(=O)Nc1ccccc1C(=O)Nc1ccc(F)cc1. The molecule has 0 fully saturated rings. The molecule has 0 unspecified atom stereocenters. The van der Waals surface area contributed by atoms with Crippen LogP contribution in [0.4, 0.5) is 15.8 Å². The molecule has 8 nitrogen and oxygen atoms in total. The van der Waals surface area contributed by atoms with Crippen molar-refractivity contribution in [2.75, 3.05) is 17.1 Å². The first-order chi connectivity index (χ1) is 14.6. The van der Waals surface area contributed by atoms with Crippen molar-refractivity contribution in [2.45, 2.75) is 18.7 Å². The van der Waals surface area contributed by atoms with Crippen LogP contribution in [0.5, 0.6) is 0 Å². The van der Waals surface area contributed by atoms with E-state index in [-0.39, 0.29) is 33.2 Å². The lowest BCUT2D eigenvalue weighted by Gasteiger charge is -2.13. The second-order valence-corrected chi connectivity index (χ2v) is 8.14. The van der Waals surface area contributed by atoms with Crippen molar-refractivity contribution in [3.8, 4) is 0 Å². The van der Waals surface area contributed by atoms with Crippen molar-refractivity contribution in [3.63, 3.8) is 0 Å². The smallest absolute Gasteiger partial charge is 0.342 e. The summed E-state index contributed by atoms with van der Waals surface area (Å²) >= 11 is 0. The Labute approximate surface area is 178 Å². The normalized spacial score (nSPS) is 11.1. The first-order valence-corrected chi connectivity index (χ1v) is 10.5. The fraction of sp³-hybridized carbons (Fsp3) is 0.143. The van der Waals surface area contributed by atoms with E-state index in [1.807, 2.05) is 0 Å². The van der Waals surface area contributed by atoms with E-state index < -0.39 is 27.7 Å². The predicted octanol–water partition coefficient (Wildman–Crippen LogP) is 3.88. The molecule has 0 radical (unpaired) electrons. The van der Waals surface area contributed by atoms with Crippen LogP contribution in [0.1, 0.15) is 32.2 Å². The molecule has 0 saturated carbocycles. The van der Waals surface area contributed by atoms with Crippen LogP contribution in [0.3, 0.4) is 0 Å². The summed E-state index contributed by atoms with van der Waals surface area (Å²) in [5, 5.41) is 2.57. The number of hydrogen-bond donors (Lipinski definition) is 2. The zero-order chi connectivity index (χ0) is 22.8. The average molecular weight is 446 g/mol. The van der Waals surface area contributed by atoms with Crippen molar-refractivity contribution >= 4 is 33.3 Å². The minimum absolute atomic E-state index is 0.00125. The maximum absolute atomic E-state index is 13.1. The van der Waals surface area contributed by atoms with Crippen LogP contribution in [0, 0.1) is 19.7 Å². The second kappa shape index (κ2) is 8.60. The molecule has 10 heteroatoms. The molecule has 0 saturated heterocycles. The molecule has 0 atom stereocenters. The van der Waals surface area contributed by atoms with Gasteiger partial charge in [0.1, 0.15) is 27.8 Å². The van der Waals surface area contributed by atoms with Crippen LogP contribution in [-0.2, 0) is 14.8 Å². The molecule has 0 aliphatic rings. The van der Waals surface area contributed by atoms with Gasteiger partial charge in [-0.3, -0.25) is 9.52 Å². The van der Waals surface area contributed by atoms with Crippen LogP contribution in [0.25, 0.3) is 0 Å². The number of benzene rings is 2. The molecule has 1 amide bonds. The summed E-state index contributed by atoms with van der Waals surface area (Å²) in [5.74, 6) is -1.85. The van der Waals surface area contributed by atoms with Gasteiger partial charge in [0.15, 0.2) is 0 Å². The van der Waals surface area contributed by atoms with Crippen LogP contribution in [0.15, 0.2) is 57.8 Å². The third-order valence-corrected chi connectivity index (χ3v) is 5.90. The highest BCUT2D eigenvalue weighted by Gasteiger charge is 2.32. The lowest BCUT2D eigenvalue weighted by Crippen LogP contribution is -2.20. The highest BCUT2D eigenvalue weighted by molar-refractivity contribution is 7.92. The standard InChI is InChI=1S/C21H19FN2O6S/c1-12-18(21(26)29-3)19(13(2)30-12)31(27,28)24-17-7-5-4-6-16(17)20(25)23-15-10-8-14(22)9-11-15/h4-11,24H,1-3H3,(H,23,25). The number of sulfonamides is 1. The molecular weight excluding hydrogens is 427 g/mol. The van der Waals surface area contributed by atoms with Gasteiger partial charge in [-0.25, -0.2) is 17.6 Å². The number of nitrogens with one attached hydrogen (secondary N) is 2. The Balaban J connectivity index is 1.96. The number of amides is 1. The Kier molecular flexibility index (Phi) is 6.11. The van der Waals surface area contributed by atoms with Gasteiger partial charge in [0, 0.05) is 5.69 Å². The summed E-state index contributed by atoms with van der Waals surface area (Å²) in [6, 6.07) is 11.0. The van der Waals surface area contributed by atoms with Gasteiger partial charge in [0.2, 0.25) is 0 Å². The van der Waals surface area contributed by atoms with E-state index in [1.54, 1.807) is 12.1 Å². The molecule has 3 aromatic rings. The van der Waals surface area contributed by atoms with Gasteiger partial charge in [-0.15, -0.1) is 0 Å². The summed E-state index contributed by atoms with van der Waals surface area (Å²) in [5.41, 5.74) is 0.114. The summed E-state index contributed by atoms with van der Waals surface area (Å²) in [4.78, 5) is 24.4. The Morgan fingerprint density at radius 1 is 1.00 bits per heavy atom. The van der Waals surface area contributed by atoms with E-state index in [1.165, 1.54) is 50.2 Å². The van der Waals surface area contributed by atoms with Gasteiger partial charge in [-0.1, -0.05) is 12.1 Å². The number of ether oxygens (including phenoxy) is 1. The Morgan fingerprint density at radius 3 is 2.29 bits per heavy atom. The molecule has 0 aliphatic heterocycles. The van der Waals surface area contributed by atoms with E-state index in [9.17, 15) is 22.4 Å². The summed E-state index contributed by atoms with van der Waals surface area (Å²) in [6.07, 6.45) is 0. The summed E-state index contributed by atoms with van der Waals surface area (Å²) in [7, 11) is -3.19. The Bertz CT molecular complexity index is 1250. The lowest BCUT2D eigenvalue weighted by molar-refractivity contribution is 0.0594. The number of hydrogen-bond acceptors (Lipinski definition) is 6. The van der Waals surface area contributed by atoms with Gasteiger partial charge >= 0.3 is 5.97 Å². The van der Waals surface area contributed by atoms with Gasteiger partial charge in [0.25, 0.3) is 15.9 Å². The molecule has 3 rings (SSSR count). The van der Waals surface area contributed by atoms with Crippen LogP contribution in [-0.4, -0.2) is 27.4 Å². The zero-order valence-corrected chi connectivity index (χ0v) is 17.7. The quantitative estimate of drug-likeness (QED) is 0.556. The topological polar surface area (TPSA) is 115 Å². The number of carbonyl (C=O) groups is 2. The van der Waals surface area contributed by atoms with Crippen molar-refractivity contribution in [3.05, 3.63) is 77.0 Å². The fourth-order valence-electron chi connectivity index (χ4n) is 3.02. The number of methoxy groups -OCH3 is 1. The summed E-state index contributed by atoms with van der Waals surface area (Å²) in [6.45, 7) is 2.85. The van der Waals surface area contributed by atoms with Crippen molar-refractivity contribution < 1.29 is 31.6 Å². The first-order valence-electron chi connectivity index (χ1n) is 9.01. The number of para-hydroxylation sites is 1. The largest absolute Gasteiger partial charge is 0.465 e. The lowest BCUT2D eigenvalue weighted by atomic mass is 10.1. The van der Waals surface area contributed by atoms with Crippen LogP contribution in [0.2, 0.25) is 0 Å². The minimum atomic E-state index is -4.32. The van der Waals surface area contributed by atoms with E-state index in [0.717, 1.165) is 7.11 Å². The molecule has 2 aromatic carbocycles. The molecule has 2 N–H and O–H groups in total. The molecule has 31 heavy (non-hydrogen) atoms. The number of esters is 1. The van der Waals surface area contributed by atoms with Crippen molar-refractivity contribution in [1.82, 2.24) is 0 Å². The monoisotopic (exact) mass is 446 g/mol. The number of anilines is 2. The number of rotatable bonds is 6. The molecular formula is C21H19FN2O6S. The fourth-order valence-corrected chi connectivity index (χ4v) is 4.51. The maximum atomic E-state index is 13.1. The molecule has 0 aliphatic carbocycles. The van der Waals surface area contributed by atoms with Gasteiger partial charge in [-0.2, -0.15) is 0 Å². The number of aryl methyl sites for hydroxylation is 2. The van der Waals surface area contributed by atoms with Crippen LogP contribution >= 0.6 is 0 Å². The predicted molar refractivity (Wildman–Crippen MR) is 111 cm³/mol. The molecule has 1 aromatic heterocycles. The summed E-state index contributed by atoms with van der Waals surface area (Å²) < 4.78 is 51.6. The van der Waals surface area contributed by atoms with Gasteiger partial charge in [0.05, 0.1) is 18.4 Å². The zero-order valence-electron chi connectivity index (χ0n) is 16.9. The van der Waals surface area contributed by atoms with Crippen molar-refractivity contribution in [2.24, 2.45) is 0 Å². The van der Waals surface area contributed by atoms with Gasteiger partial charge < -0.3 is 14.5 Å². The van der Waals surface area contributed by atoms with E-state index in [2.05, 4.69) is 14.8 Å². The number of carbonyl (C=O) groups excluding carboxylic acids is 2. The molecule has 162 valence electrons. The van der Waals surface area contributed by atoms with Crippen molar-refractivity contribution in [1.29, 1.82) is 0 Å². The minimum Gasteiger partial charge on any atom is -0.465 e. The Hall–Kier alpha value is -3.66. The molecule has 1 heterocycles. The average Bonchev–Trinajstić information content (AvgIpc) is 3.03. The van der Waals surface area contributed by atoms with Crippen LogP contribution < -0.4 is 10.0 Å². The third-order valence-electron chi connectivity index (χ3n) is 4.38. The maximum Gasteiger partial charge on any atom is 0.342 e. The third kappa shape index (κ3) is 4.58. The molecule has 0 bridgehead atoms. The first kappa shape index (κ1) is 22.0.